The van der Waals surface area contributed by atoms with Gasteiger partial charge in [0.15, 0.2) is 0 Å². The zero-order valence-electron chi connectivity index (χ0n) is 14.5. The van der Waals surface area contributed by atoms with Crippen molar-refractivity contribution in [3.63, 3.8) is 0 Å². The first-order valence-electron chi connectivity index (χ1n) is 8.66. The van der Waals surface area contributed by atoms with Crippen LogP contribution < -0.4 is 5.32 Å². The first-order chi connectivity index (χ1) is 12.8. The molecule has 2 aromatic carbocycles. The fourth-order valence-electron chi connectivity index (χ4n) is 2.81. The summed E-state index contributed by atoms with van der Waals surface area (Å²) in [6.45, 7) is 2.17. The molecular weight excluding hydrogens is 385 g/mol. The maximum atomic E-state index is 4.95. The number of aromatic nitrogens is 2. The van der Waals surface area contributed by atoms with Gasteiger partial charge in [0.1, 0.15) is 0 Å². The molecule has 1 N–H and O–H groups in total. The van der Waals surface area contributed by atoms with Crippen LogP contribution in [0, 0.1) is 0 Å². The van der Waals surface area contributed by atoms with E-state index in [9.17, 15) is 0 Å². The summed E-state index contributed by atoms with van der Waals surface area (Å²) in [5.41, 5.74) is 5.84. The van der Waals surface area contributed by atoms with Crippen LogP contribution in [0.1, 0.15) is 12.5 Å². The minimum atomic E-state index is 0.121. The van der Waals surface area contributed by atoms with Gasteiger partial charge in [0.05, 0.1) is 0 Å². The van der Waals surface area contributed by atoms with Crippen LogP contribution in [-0.4, -0.2) is 24.5 Å². The summed E-state index contributed by atoms with van der Waals surface area (Å²) in [7, 11) is 0. The number of hydrogen-bond acceptors (Lipinski definition) is 3. The molecule has 4 heteroatoms. The molecule has 0 aliphatic carbocycles. The summed E-state index contributed by atoms with van der Waals surface area (Å²) >= 11 is 0.121. The molecule has 0 aliphatic heterocycles. The van der Waals surface area contributed by atoms with E-state index in [-0.39, 0.29) is 14.5 Å². The van der Waals surface area contributed by atoms with Crippen molar-refractivity contribution in [2.75, 3.05) is 5.32 Å². The Bertz CT molecular complexity index is 920. The quantitative estimate of drug-likeness (QED) is 0.466. The summed E-state index contributed by atoms with van der Waals surface area (Å²) in [6.07, 6.45) is 4.74. The van der Waals surface area contributed by atoms with Crippen LogP contribution in [0.4, 0.5) is 10.4 Å². The minimum absolute atomic E-state index is 0.121. The van der Waals surface area contributed by atoms with E-state index >= 15 is 0 Å². The van der Waals surface area contributed by atoms with Crippen LogP contribution in [-0.2, 0) is 6.42 Å². The van der Waals surface area contributed by atoms with Gasteiger partial charge in [-0.15, -0.1) is 0 Å². The van der Waals surface area contributed by atoms with Gasteiger partial charge in [-0.3, -0.25) is 0 Å². The Labute approximate surface area is 159 Å². The monoisotopic (exact) mass is 405 g/mol. The van der Waals surface area contributed by atoms with Crippen molar-refractivity contribution in [1.29, 1.82) is 0 Å². The van der Waals surface area contributed by atoms with Crippen molar-refractivity contribution in [3.05, 3.63) is 84.7 Å². The number of anilines is 2. The Hall–Kier alpha value is -2.68. The molecule has 0 amide bonds. The van der Waals surface area contributed by atoms with E-state index < -0.39 is 0 Å². The summed E-state index contributed by atoms with van der Waals surface area (Å²) in [5.74, 6) is 0. The molecule has 2 heterocycles. The number of rotatable bonds is 5. The Morgan fingerprint density at radius 1 is 0.846 bits per heavy atom. The van der Waals surface area contributed by atoms with Gasteiger partial charge in [0, 0.05) is 0 Å². The average molecular weight is 404 g/mol. The topological polar surface area (TPSA) is 37.8 Å². The van der Waals surface area contributed by atoms with Gasteiger partial charge >= 0.3 is 159 Å². The van der Waals surface area contributed by atoms with E-state index in [1.165, 1.54) is 15.6 Å². The zero-order chi connectivity index (χ0) is 17.8. The first-order valence-corrected chi connectivity index (χ1v) is 10.4. The molecule has 0 unspecified atom stereocenters. The summed E-state index contributed by atoms with van der Waals surface area (Å²) in [4.78, 5) is 9.10. The molecular formula is C22H19N3Se. The van der Waals surface area contributed by atoms with Crippen LogP contribution in [0.2, 0.25) is 0 Å². The second-order valence-electron chi connectivity index (χ2n) is 5.97. The number of hydrogen-bond donors (Lipinski definition) is 1. The molecule has 4 rings (SSSR count). The Balaban J connectivity index is 1.73. The second-order valence-corrected chi connectivity index (χ2v) is 8.07. The molecule has 0 atom stereocenters. The van der Waals surface area contributed by atoms with Gasteiger partial charge in [-0.25, -0.2) is 0 Å². The molecule has 0 saturated carbocycles. The van der Waals surface area contributed by atoms with Crippen molar-refractivity contribution in [3.8, 4) is 21.3 Å². The van der Waals surface area contributed by atoms with Crippen LogP contribution in [0.15, 0.2) is 79.1 Å². The second kappa shape index (κ2) is 7.69. The van der Waals surface area contributed by atoms with Crippen LogP contribution in [0.5, 0.6) is 0 Å². The molecule has 0 aliphatic rings. The van der Waals surface area contributed by atoms with Crippen molar-refractivity contribution in [2.24, 2.45) is 0 Å². The number of pyridine rings is 1. The normalized spacial score (nSPS) is 10.7. The van der Waals surface area contributed by atoms with Crippen LogP contribution >= 0.6 is 0 Å². The SMILES string of the molecule is CCc1ccc(Nc2nc(-c3ccccc3)c(-c3ccncc3)[se]2)cc1. The van der Waals surface area contributed by atoms with Crippen LogP contribution in [0.3, 0.4) is 0 Å². The number of benzene rings is 2. The van der Waals surface area contributed by atoms with E-state index in [4.69, 9.17) is 4.98 Å². The molecule has 0 radical (unpaired) electrons. The molecule has 128 valence electrons. The van der Waals surface area contributed by atoms with Gasteiger partial charge in [-0.1, -0.05) is 0 Å². The Morgan fingerprint density at radius 3 is 2.27 bits per heavy atom. The Morgan fingerprint density at radius 2 is 1.58 bits per heavy atom. The standard InChI is InChI=1S/C22H19N3Se/c1-2-16-8-10-19(11-9-16)24-22-25-20(17-6-4-3-5-7-17)21(26-22)18-12-14-23-15-13-18/h3-15H,2H2,1H3,(H,24,25). The van der Waals surface area contributed by atoms with Gasteiger partial charge in [0.25, 0.3) is 0 Å². The first kappa shape index (κ1) is 16.8. The predicted molar refractivity (Wildman–Crippen MR) is 109 cm³/mol. The third kappa shape index (κ3) is 3.62. The van der Waals surface area contributed by atoms with E-state index in [2.05, 4.69) is 77.9 Å². The Kier molecular flexibility index (Phi) is 4.96. The van der Waals surface area contributed by atoms with E-state index in [1.807, 2.05) is 18.5 Å². The van der Waals surface area contributed by atoms with Crippen molar-refractivity contribution in [2.45, 2.75) is 13.3 Å². The van der Waals surface area contributed by atoms with Crippen molar-refractivity contribution >= 4 is 24.9 Å². The third-order valence-electron chi connectivity index (χ3n) is 4.23. The third-order valence-corrected chi connectivity index (χ3v) is 6.37. The van der Waals surface area contributed by atoms with E-state index in [0.29, 0.717) is 0 Å². The van der Waals surface area contributed by atoms with Gasteiger partial charge < -0.3 is 0 Å². The van der Waals surface area contributed by atoms with E-state index in [0.717, 1.165) is 28.1 Å². The molecule has 26 heavy (non-hydrogen) atoms. The van der Waals surface area contributed by atoms with Crippen LogP contribution in [0.25, 0.3) is 21.3 Å². The summed E-state index contributed by atoms with van der Waals surface area (Å²) < 4.78 is 2.33. The number of aryl methyl sites for hydroxylation is 1. The molecule has 0 bridgehead atoms. The van der Waals surface area contributed by atoms with Gasteiger partial charge in [-0.05, 0) is 0 Å². The maximum absolute atomic E-state index is 4.95. The molecule has 3 nitrogen and oxygen atoms in total. The molecule has 0 fully saturated rings. The summed E-state index contributed by atoms with van der Waals surface area (Å²) in [5, 5.41) is 3.51. The predicted octanol–water partition coefficient (Wildman–Crippen LogP) is 5.17. The van der Waals surface area contributed by atoms with E-state index in [1.54, 1.807) is 0 Å². The number of nitrogens with zero attached hydrogens (tertiary/aromatic N) is 2. The van der Waals surface area contributed by atoms with Gasteiger partial charge in [0.2, 0.25) is 0 Å². The summed E-state index contributed by atoms with van der Waals surface area (Å²) in [6, 6.07) is 23.1. The molecule has 0 spiro atoms. The molecule has 0 saturated heterocycles. The zero-order valence-corrected chi connectivity index (χ0v) is 16.2. The molecule has 2 aromatic heterocycles. The van der Waals surface area contributed by atoms with Crippen molar-refractivity contribution in [1.82, 2.24) is 9.97 Å². The fraction of sp³-hybridized carbons (Fsp3) is 0.0909. The van der Waals surface area contributed by atoms with Gasteiger partial charge in [-0.2, -0.15) is 0 Å². The average Bonchev–Trinajstić information content (AvgIpc) is 3.14. The van der Waals surface area contributed by atoms with Crippen molar-refractivity contribution < 1.29 is 0 Å². The fourth-order valence-corrected chi connectivity index (χ4v) is 4.94. The molecule has 4 aromatic rings. The number of nitrogens with one attached hydrogen (secondary N) is 1.